The van der Waals surface area contributed by atoms with Gasteiger partial charge in [-0.25, -0.2) is 4.99 Å². The standard InChI is InChI=1S/C15H14N2O/c1-12(18)16-15(13-8-4-2-5-9-13)17-14-10-6-3-7-11-14/h2-11H,1H3,(H,16,17,18). The molecule has 0 heterocycles. The van der Waals surface area contributed by atoms with Gasteiger partial charge in [-0.15, -0.1) is 0 Å². The van der Waals surface area contributed by atoms with Gasteiger partial charge < -0.3 is 5.32 Å². The minimum Gasteiger partial charge on any atom is -0.310 e. The number of hydrogen-bond donors (Lipinski definition) is 1. The average Bonchev–Trinajstić information content (AvgIpc) is 2.40. The van der Waals surface area contributed by atoms with Crippen molar-refractivity contribution in [3.05, 3.63) is 66.2 Å². The quantitative estimate of drug-likeness (QED) is 0.634. The molecule has 0 aliphatic rings. The Morgan fingerprint density at radius 3 is 2.06 bits per heavy atom. The Bertz CT molecular complexity index is 547. The number of aliphatic imine (C=N–C) groups is 1. The highest BCUT2D eigenvalue weighted by Crippen LogP contribution is 2.12. The van der Waals surface area contributed by atoms with E-state index in [0.29, 0.717) is 5.84 Å². The summed E-state index contributed by atoms with van der Waals surface area (Å²) in [4.78, 5) is 15.7. The van der Waals surface area contributed by atoms with Crippen LogP contribution in [0, 0.1) is 0 Å². The molecule has 0 unspecified atom stereocenters. The first-order valence-electron chi connectivity index (χ1n) is 5.72. The predicted molar refractivity (Wildman–Crippen MR) is 72.9 cm³/mol. The van der Waals surface area contributed by atoms with E-state index < -0.39 is 0 Å². The van der Waals surface area contributed by atoms with Crippen molar-refractivity contribution in [2.45, 2.75) is 6.92 Å². The molecule has 2 aromatic rings. The maximum atomic E-state index is 11.2. The minimum atomic E-state index is -0.131. The van der Waals surface area contributed by atoms with Gasteiger partial charge in [0.05, 0.1) is 5.69 Å². The van der Waals surface area contributed by atoms with E-state index in [1.807, 2.05) is 60.7 Å². The summed E-state index contributed by atoms with van der Waals surface area (Å²) in [6, 6.07) is 19.1. The van der Waals surface area contributed by atoms with Gasteiger partial charge in [0.25, 0.3) is 0 Å². The van der Waals surface area contributed by atoms with Crippen LogP contribution in [-0.2, 0) is 4.79 Å². The molecule has 2 aromatic carbocycles. The first kappa shape index (κ1) is 12.0. The van der Waals surface area contributed by atoms with E-state index in [0.717, 1.165) is 11.3 Å². The van der Waals surface area contributed by atoms with Gasteiger partial charge in [0.2, 0.25) is 5.91 Å². The summed E-state index contributed by atoms with van der Waals surface area (Å²) in [6.07, 6.45) is 0. The number of para-hydroxylation sites is 1. The van der Waals surface area contributed by atoms with Gasteiger partial charge in [0.15, 0.2) is 0 Å². The van der Waals surface area contributed by atoms with Crippen LogP contribution in [0.2, 0.25) is 0 Å². The molecule has 0 atom stereocenters. The third-order valence-corrected chi connectivity index (χ3v) is 2.34. The summed E-state index contributed by atoms with van der Waals surface area (Å²) in [6.45, 7) is 1.48. The van der Waals surface area contributed by atoms with Gasteiger partial charge in [-0.1, -0.05) is 48.5 Å². The van der Waals surface area contributed by atoms with Crippen molar-refractivity contribution in [2.24, 2.45) is 4.99 Å². The molecule has 0 aromatic heterocycles. The maximum absolute atomic E-state index is 11.2. The highest BCUT2D eigenvalue weighted by atomic mass is 16.1. The highest BCUT2D eigenvalue weighted by Gasteiger charge is 2.04. The second-order valence-corrected chi connectivity index (χ2v) is 3.84. The molecule has 0 spiro atoms. The molecule has 0 fully saturated rings. The summed E-state index contributed by atoms with van der Waals surface area (Å²) in [5.74, 6) is 0.433. The number of nitrogens with zero attached hydrogens (tertiary/aromatic N) is 1. The number of carbonyl (C=O) groups excluding carboxylic acids is 1. The van der Waals surface area contributed by atoms with Crippen molar-refractivity contribution in [1.29, 1.82) is 0 Å². The van der Waals surface area contributed by atoms with Crippen LogP contribution in [-0.4, -0.2) is 11.7 Å². The largest absolute Gasteiger partial charge is 0.310 e. The lowest BCUT2D eigenvalue weighted by Crippen LogP contribution is -2.28. The zero-order valence-corrected chi connectivity index (χ0v) is 10.1. The van der Waals surface area contributed by atoms with Gasteiger partial charge >= 0.3 is 0 Å². The second kappa shape index (κ2) is 5.77. The van der Waals surface area contributed by atoms with Crippen molar-refractivity contribution >= 4 is 17.4 Å². The van der Waals surface area contributed by atoms with Gasteiger partial charge in [0, 0.05) is 12.5 Å². The summed E-state index contributed by atoms with van der Waals surface area (Å²) in [7, 11) is 0. The van der Waals surface area contributed by atoms with Crippen LogP contribution >= 0.6 is 0 Å². The summed E-state index contributed by atoms with van der Waals surface area (Å²) in [5.41, 5.74) is 1.70. The fraction of sp³-hybridized carbons (Fsp3) is 0.0667. The van der Waals surface area contributed by atoms with E-state index in [1.165, 1.54) is 6.92 Å². The lowest BCUT2D eigenvalue weighted by Gasteiger charge is -2.07. The number of amides is 1. The van der Waals surface area contributed by atoms with Crippen molar-refractivity contribution in [3.63, 3.8) is 0 Å². The monoisotopic (exact) mass is 238 g/mol. The van der Waals surface area contributed by atoms with Gasteiger partial charge in [-0.2, -0.15) is 0 Å². The van der Waals surface area contributed by atoms with E-state index in [1.54, 1.807) is 0 Å². The van der Waals surface area contributed by atoms with Crippen molar-refractivity contribution < 1.29 is 4.79 Å². The molecule has 3 heteroatoms. The van der Waals surface area contributed by atoms with E-state index in [2.05, 4.69) is 10.3 Å². The lowest BCUT2D eigenvalue weighted by molar-refractivity contribution is -0.117. The van der Waals surface area contributed by atoms with E-state index in [9.17, 15) is 4.79 Å². The summed E-state index contributed by atoms with van der Waals surface area (Å²) in [5, 5.41) is 2.76. The minimum absolute atomic E-state index is 0.131. The number of rotatable bonds is 2. The molecule has 90 valence electrons. The molecule has 1 N–H and O–H groups in total. The van der Waals surface area contributed by atoms with Crippen molar-refractivity contribution in [3.8, 4) is 0 Å². The molecular formula is C15H14N2O. The zero-order valence-electron chi connectivity index (χ0n) is 10.1. The Morgan fingerprint density at radius 2 is 1.50 bits per heavy atom. The Morgan fingerprint density at radius 1 is 0.944 bits per heavy atom. The number of carbonyl (C=O) groups is 1. The van der Waals surface area contributed by atoms with Gasteiger partial charge in [-0.3, -0.25) is 4.79 Å². The van der Waals surface area contributed by atoms with Crippen LogP contribution in [0.3, 0.4) is 0 Å². The van der Waals surface area contributed by atoms with Crippen molar-refractivity contribution in [2.75, 3.05) is 0 Å². The number of amidine groups is 1. The first-order valence-corrected chi connectivity index (χ1v) is 5.72. The third kappa shape index (κ3) is 3.28. The van der Waals surface area contributed by atoms with Crippen LogP contribution in [0.1, 0.15) is 12.5 Å². The normalized spacial score (nSPS) is 11.1. The molecule has 2 rings (SSSR count). The molecule has 0 bridgehead atoms. The fourth-order valence-electron chi connectivity index (χ4n) is 1.56. The van der Waals surface area contributed by atoms with Crippen LogP contribution in [0.25, 0.3) is 0 Å². The van der Waals surface area contributed by atoms with E-state index in [4.69, 9.17) is 0 Å². The Kier molecular flexibility index (Phi) is 3.86. The Balaban J connectivity index is 2.37. The van der Waals surface area contributed by atoms with Crippen LogP contribution in [0.4, 0.5) is 5.69 Å². The molecular weight excluding hydrogens is 224 g/mol. The number of hydrogen-bond acceptors (Lipinski definition) is 2. The van der Waals surface area contributed by atoms with Crippen LogP contribution in [0.15, 0.2) is 65.7 Å². The fourth-order valence-corrected chi connectivity index (χ4v) is 1.56. The van der Waals surface area contributed by atoms with Crippen molar-refractivity contribution in [1.82, 2.24) is 5.32 Å². The SMILES string of the molecule is CC(=O)NC(=Nc1ccccc1)c1ccccc1. The summed E-state index contributed by atoms with van der Waals surface area (Å²) >= 11 is 0. The Hall–Kier alpha value is -2.42. The molecule has 0 radical (unpaired) electrons. The highest BCUT2D eigenvalue weighted by molar-refractivity contribution is 6.08. The van der Waals surface area contributed by atoms with Crippen LogP contribution < -0.4 is 5.32 Å². The number of benzene rings is 2. The van der Waals surface area contributed by atoms with Gasteiger partial charge in [0.1, 0.15) is 5.84 Å². The van der Waals surface area contributed by atoms with E-state index >= 15 is 0 Å². The molecule has 0 saturated carbocycles. The second-order valence-electron chi connectivity index (χ2n) is 3.84. The summed E-state index contributed by atoms with van der Waals surface area (Å²) < 4.78 is 0. The average molecular weight is 238 g/mol. The molecule has 1 amide bonds. The maximum Gasteiger partial charge on any atom is 0.222 e. The third-order valence-electron chi connectivity index (χ3n) is 2.34. The molecule has 0 aliphatic carbocycles. The molecule has 0 aliphatic heterocycles. The predicted octanol–water partition coefficient (Wildman–Crippen LogP) is 2.90. The molecule has 0 saturated heterocycles. The molecule has 3 nitrogen and oxygen atoms in total. The van der Waals surface area contributed by atoms with Gasteiger partial charge in [-0.05, 0) is 12.1 Å². The topological polar surface area (TPSA) is 41.5 Å². The molecule has 18 heavy (non-hydrogen) atoms. The van der Waals surface area contributed by atoms with E-state index in [-0.39, 0.29) is 5.91 Å². The number of nitrogens with one attached hydrogen (secondary N) is 1. The van der Waals surface area contributed by atoms with Crippen LogP contribution in [0.5, 0.6) is 0 Å². The first-order chi connectivity index (χ1) is 8.75. The Labute approximate surface area is 106 Å². The zero-order chi connectivity index (χ0) is 12.8. The smallest absolute Gasteiger partial charge is 0.222 e. The lowest BCUT2D eigenvalue weighted by atomic mass is 10.2.